The molecule has 0 spiro atoms. The molecule has 3 heterocycles. The van der Waals surface area contributed by atoms with E-state index in [-0.39, 0.29) is 11.4 Å². The van der Waals surface area contributed by atoms with E-state index < -0.39 is 25.5 Å². The van der Waals surface area contributed by atoms with E-state index in [0.29, 0.717) is 41.8 Å². The lowest BCUT2D eigenvalue weighted by atomic mass is 10.2. The number of hydrogen-bond donors (Lipinski definition) is 2. The van der Waals surface area contributed by atoms with Crippen LogP contribution < -0.4 is 14.8 Å². The molecule has 1 fully saturated rings. The molecule has 4 rings (SSSR count). The summed E-state index contributed by atoms with van der Waals surface area (Å²) < 4.78 is 46.5. The van der Waals surface area contributed by atoms with Gasteiger partial charge in [0.1, 0.15) is 23.8 Å². The molecule has 2 N–H and O–H groups in total. The lowest BCUT2D eigenvalue weighted by Gasteiger charge is -2.25. The summed E-state index contributed by atoms with van der Waals surface area (Å²) >= 11 is 5.48. The summed E-state index contributed by atoms with van der Waals surface area (Å²) in [5, 5.41) is 8.02. The Morgan fingerprint density at radius 2 is 2.48 bits per heavy atom. The summed E-state index contributed by atoms with van der Waals surface area (Å²) in [7, 11) is -1.44. The number of methoxy groups -OCH3 is 1. The van der Waals surface area contributed by atoms with E-state index in [1.54, 1.807) is 10.8 Å². The summed E-state index contributed by atoms with van der Waals surface area (Å²) in [6.07, 6.45) is 2.31. The van der Waals surface area contributed by atoms with Gasteiger partial charge < -0.3 is 29.4 Å². The summed E-state index contributed by atoms with van der Waals surface area (Å²) in [6.45, 7) is 2.69. The Labute approximate surface area is 178 Å². The Balaban J connectivity index is 1.54. The van der Waals surface area contributed by atoms with E-state index in [1.807, 2.05) is 18.2 Å². The van der Waals surface area contributed by atoms with Crippen LogP contribution in [0.25, 0.3) is 0 Å². The number of benzene rings is 1. The minimum absolute atomic E-state index is 0.0321. The monoisotopic (exact) mass is 424 g/mol. The van der Waals surface area contributed by atoms with Crippen LogP contribution in [-0.2, 0) is 9.47 Å². The molecule has 29 heavy (non-hydrogen) atoms. The Morgan fingerprint density at radius 1 is 1.55 bits per heavy atom. The van der Waals surface area contributed by atoms with Gasteiger partial charge in [0.25, 0.3) is 0 Å². The first-order chi connectivity index (χ1) is 15.5. The molecule has 0 radical (unpaired) electrons. The van der Waals surface area contributed by atoms with Crippen molar-refractivity contribution in [2.24, 2.45) is 0 Å². The molecule has 2 aliphatic rings. The molecule has 2 unspecified atom stereocenters. The maximum Gasteiger partial charge on any atom is 0.211 e. The normalized spacial score (nSPS) is 24.9. The minimum atomic E-state index is -1.44. The fraction of sp³-hybridized carbons (Fsp3) is 0.500. The van der Waals surface area contributed by atoms with Gasteiger partial charge >= 0.3 is 0 Å². The van der Waals surface area contributed by atoms with Crippen LogP contribution in [0.5, 0.6) is 17.2 Å². The molecule has 2 aliphatic heterocycles. The predicted molar refractivity (Wildman–Crippen MR) is 110 cm³/mol. The second-order valence-corrected chi connectivity index (χ2v) is 7.30. The molecule has 4 atom stereocenters. The van der Waals surface area contributed by atoms with Crippen LogP contribution in [0.3, 0.4) is 0 Å². The van der Waals surface area contributed by atoms with Crippen molar-refractivity contribution in [3.8, 4) is 17.2 Å². The van der Waals surface area contributed by atoms with Gasteiger partial charge in [-0.2, -0.15) is 4.98 Å². The molecular weight excluding hydrogens is 394 g/mol. The molecule has 0 amide bonds. The first-order valence-electron chi connectivity index (χ1n) is 11.1. The molecule has 0 saturated carbocycles. The Hall–Kier alpha value is -2.20. The molecular formula is C20H25N3O5S. The number of aliphatic hydroxyl groups is 1. The van der Waals surface area contributed by atoms with Gasteiger partial charge in [0.15, 0.2) is 17.3 Å². The third kappa shape index (κ3) is 4.09. The number of fused-ring (bicyclic) bond motifs is 2. The fourth-order valence-electron chi connectivity index (χ4n) is 3.34. The number of para-hydroxylation sites is 1. The minimum Gasteiger partial charge on any atom is -0.491 e. The smallest absolute Gasteiger partial charge is 0.211 e. The SMILES string of the molecule is [2H]C([3H])OC[C@H]1O[C@@H](n2cc3c(nc2=S)Nc2c(OCCCC)cccc2O3)CC1O[3H]. The van der Waals surface area contributed by atoms with Gasteiger partial charge in [-0.25, -0.2) is 0 Å². The van der Waals surface area contributed by atoms with Crippen molar-refractivity contribution in [1.82, 2.24) is 9.55 Å². The third-order valence-corrected chi connectivity index (χ3v) is 5.18. The van der Waals surface area contributed by atoms with Crippen LogP contribution in [0.1, 0.15) is 35.2 Å². The van der Waals surface area contributed by atoms with Crippen molar-refractivity contribution < 1.29 is 26.8 Å². The molecule has 1 saturated heterocycles. The van der Waals surface area contributed by atoms with Gasteiger partial charge in [-0.15, -0.1) is 0 Å². The van der Waals surface area contributed by atoms with Crippen LogP contribution >= 0.6 is 12.2 Å². The zero-order chi connectivity index (χ0) is 22.7. The van der Waals surface area contributed by atoms with Crippen LogP contribution in [0.15, 0.2) is 24.4 Å². The van der Waals surface area contributed by atoms with Crippen molar-refractivity contribution in [3.63, 3.8) is 0 Å². The highest BCUT2D eigenvalue weighted by Gasteiger charge is 2.35. The number of ether oxygens (including phenoxy) is 4. The van der Waals surface area contributed by atoms with Gasteiger partial charge in [-0.05, 0) is 30.8 Å². The number of anilines is 2. The predicted octanol–water partition coefficient (Wildman–Crippen LogP) is 3.94. The molecule has 0 aliphatic carbocycles. The quantitative estimate of drug-likeness (QED) is 0.415. The summed E-state index contributed by atoms with van der Waals surface area (Å²) in [5.41, 5.74) is 0.702. The fourth-order valence-corrected chi connectivity index (χ4v) is 3.60. The van der Waals surface area contributed by atoms with Crippen molar-refractivity contribution >= 4 is 23.7 Å². The highest BCUT2D eigenvalue weighted by Crippen LogP contribution is 2.46. The van der Waals surface area contributed by atoms with E-state index in [1.165, 1.54) is 0 Å². The van der Waals surface area contributed by atoms with E-state index in [9.17, 15) is 0 Å². The van der Waals surface area contributed by atoms with E-state index in [2.05, 4.69) is 17.2 Å². The first kappa shape index (κ1) is 16.6. The number of nitrogens with one attached hydrogen (secondary N) is 1. The second kappa shape index (κ2) is 8.66. The maximum atomic E-state index is 7.31. The topological polar surface area (TPSA) is 87.0 Å². The molecule has 2 aromatic rings. The van der Waals surface area contributed by atoms with Gasteiger partial charge in [-0.1, -0.05) is 19.4 Å². The van der Waals surface area contributed by atoms with E-state index >= 15 is 0 Å². The highest BCUT2D eigenvalue weighted by atomic mass is 32.1. The van der Waals surface area contributed by atoms with Crippen LogP contribution in [-0.4, -0.2) is 48.6 Å². The van der Waals surface area contributed by atoms with Crippen molar-refractivity contribution in [1.29, 1.82) is 1.43 Å². The van der Waals surface area contributed by atoms with Crippen molar-refractivity contribution in [2.45, 2.75) is 44.6 Å². The molecule has 0 bridgehead atoms. The zero-order valence-electron chi connectivity index (χ0n) is 19.0. The Morgan fingerprint density at radius 3 is 3.31 bits per heavy atom. The summed E-state index contributed by atoms with van der Waals surface area (Å²) in [6, 6.07) is 5.58. The highest BCUT2D eigenvalue weighted by molar-refractivity contribution is 7.71. The molecule has 1 aromatic heterocycles. The van der Waals surface area contributed by atoms with Crippen LogP contribution in [0, 0.1) is 4.77 Å². The molecule has 1 aromatic carbocycles. The van der Waals surface area contributed by atoms with Crippen molar-refractivity contribution in [3.05, 3.63) is 29.2 Å². The lowest BCUT2D eigenvalue weighted by molar-refractivity contribution is -0.0542. The van der Waals surface area contributed by atoms with E-state index in [0.717, 1.165) is 12.8 Å². The second-order valence-electron chi connectivity index (χ2n) is 6.94. The summed E-state index contributed by atoms with van der Waals surface area (Å²) in [5.74, 6) is 2.24. The lowest BCUT2D eigenvalue weighted by Crippen LogP contribution is -2.25. The van der Waals surface area contributed by atoms with Gasteiger partial charge in [0, 0.05) is 13.5 Å². The van der Waals surface area contributed by atoms with Crippen LogP contribution in [0.4, 0.5) is 11.5 Å². The number of hydrogen-bond acceptors (Lipinski definition) is 8. The van der Waals surface area contributed by atoms with Gasteiger partial charge in [0.05, 0.1) is 28.3 Å². The van der Waals surface area contributed by atoms with Crippen LogP contribution in [0.2, 0.25) is 0 Å². The third-order valence-electron chi connectivity index (χ3n) is 4.88. The largest absolute Gasteiger partial charge is 0.491 e. The van der Waals surface area contributed by atoms with Gasteiger partial charge in [0.2, 0.25) is 6.20 Å². The Kier molecular flexibility index (Phi) is 4.95. The summed E-state index contributed by atoms with van der Waals surface area (Å²) in [4.78, 5) is 4.47. The maximum absolute atomic E-state index is 7.31. The number of unbranched alkanes of at least 4 members (excludes halogenated alkanes) is 1. The first-order valence-corrected chi connectivity index (χ1v) is 9.98. The Bertz CT molecular complexity index is 1010. The van der Waals surface area contributed by atoms with E-state index in [4.69, 9.17) is 40.4 Å². The average molecular weight is 425 g/mol. The zero-order valence-corrected chi connectivity index (χ0v) is 16.8. The molecule has 156 valence electrons. The number of rotatable bonds is 8. The number of aromatic nitrogens is 2. The number of nitrogens with zero attached hydrogens (tertiary/aromatic N) is 2. The molecule has 8 nitrogen and oxygen atoms in total. The van der Waals surface area contributed by atoms with Crippen molar-refractivity contribution in [2.75, 3.05) is 25.6 Å². The number of aliphatic hydroxyl groups excluding tert-OH is 1. The average Bonchev–Trinajstić information content (AvgIpc) is 3.19. The molecule has 9 heteroatoms. The van der Waals surface area contributed by atoms with Gasteiger partial charge in [-0.3, -0.25) is 4.57 Å². The standard InChI is InChI=1S/C20H25N3O5S/c1-3-4-8-26-13-6-5-7-14-18(13)21-19-15(27-14)10-23(20(29)22-19)17-9-12(24)16(28-17)11-25-2/h5-7,10,12,16-17,24H,3-4,8-9,11H2,1-2H3,(H,21,22,29)/t12?,16-,17-/m1/s1/i2TD,24T/t2?,12?,16-,17-.